The van der Waals surface area contributed by atoms with Crippen molar-refractivity contribution >= 4 is 34.8 Å². The van der Waals surface area contributed by atoms with E-state index in [1.165, 1.54) is 10.7 Å². The SMILES string of the molecule is Cc1ccc(-c2ccc(=O)n(CCCC(=O)Nc3cc(Cl)cc(Cl)c3)n2)cc1. The van der Waals surface area contributed by atoms with Crippen molar-refractivity contribution in [1.29, 1.82) is 0 Å². The van der Waals surface area contributed by atoms with Gasteiger partial charge >= 0.3 is 0 Å². The Labute approximate surface area is 172 Å². The van der Waals surface area contributed by atoms with E-state index < -0.39 is 0 Å². The molecule has 144 valence electrons. The van der Waals surface area contributed by atoms with Gasteiger partial charge in [-0.25, -0.2) is 4.68 Å². The molecule has 0 radical (unpaired) electrons. The second-order valence-corrected chi connectivity index (χ2v) is 7.33. The van der Waals surface area contributed by atoms with Crippen LogP contribution in [0.3, 0.4) is 0 Å². The van der Waals surface area contributed by atoms with Gasteiger partial charge in [0.1, 0.15) is 0 Å². The zero-order valence-corrected chi connectivity index (χ0v) is 16.8. The molecule has 0 bridgehead atoms. The predicted octanol–water partition coefficient (Wildman–Crippen LogP) is 4.94. The van der Waals surface area contributed by atoms with Gasteiger partial charge < -0.3 is 5.32 Å². The highest BCUT2D eigenvalue weighted by Gasteiger charge is 2.07. The first-order valence-corrected chi connectivity index (χ1v) is 9.57. The molecular weight excluding hydrogens is 397 g/mol. The van der Waals surface area contributed by atoms with Crippen LogP contribution in [0, 0.1) is 6.92 Å². The molecular formula is C21H19Cl2N3O2. The lowest BCUT2D eigenvalue weighted by Crippen LogP contribution is -2.23. The van der Waals surface area contributed by atoms with Gasteiger partial charge in [-0.2, -0.15) is 5.10 Å². The van der Waals surface area contributed by atoms with Crippen molar-refractivity contribution in [2.75, 3.05) is 5.32 Å². The number of benzene rings is 2. The van der Waals surface area contributed by atoms with Gasteiger partial charge in [-0.1, -0.05) is 53.0 Å². The molecule has 0 aliphatic rings. The van der Waals surface area contributed by atoms with Gasteiger partial charge in [-0.05, 0) is 37.6 Å². The Bertz CT molecular complexity index is 1030. The topological polar surface area (TPSA) is 64.0 Å². The number of hydrogen-bond acceptors (Lipinski definition) is 3. The summed E-state index contributed by atoms with van der Waals surface area (Å²) < 4.78 is 1.39. The van der Waals surface area contributed by atoms with Crippen LogP contribution in [0.25, 0.3) is 11.3 Å². The molecule has 1 aromatic heterocycles. The Morgan fingerprint density at radius 1 is 1.04 bits per heavy atom. The summed E-state index contributed by atoms with van der Waals surface area (Å²) in [6.45, 7) is 2.36. The summed E-state index contributed by atoms with van der Waals surface area (Å²) in [5, 5.41) is 8.07. The fourth-order valence-corrected chi connectivity index (χ4v) is 3.25. The third-order valence-electron chi connectivity index (χ3n) is 4.13. The van der Waals surface area contributed by atoms with E-state index in [2.05, 4.69) is 10.4 Å². The van der Waals surface area contributed by atoms with Crippen molar-refractivity contribution in [2.24, 2.45) is 0 Å². The maximum Gasteiger partial charge on any atom is 0.266 e. The number of halogens is 2. The van der Waals surface area contributed by atoms with Crippen molar-refractivity contribution < 1.29 is 4.79 Å². The number of aryl methyl sites for hydroxylation is 2. The van der Waals surface area contributed by atoms with Gasteiger partial charge in [0.2, 0.25) is 5.91 Å². The fraction of sp³-hybridized carbons (Fsp3) is 0.190. The summed E-state index contributed by atoms with van der Waals surface area (Å²) >= 11 is 11.9. The molecule has 0 saturated carbocycles. The molecule has 7 heteroatoms. The normalized spacial score (nSPS) is 10.7. The number of hydrogen-bond donors (Lipinski definition) is 1. The van der Waals surface area contributed by atoms with Crippen LogP contribution in [0.4, 0.5) is 5.69 Å². The number of carbonyl (C=O) groups is 1. The first-order chi connectivity index (χ1) is 13.4. The van der Waals surface area contributed by atoms with E-state index in [1.807, 2.05) is 31.2 Å². The zero-order valence-electron chi connectivity index (χ0n) is 15.3. The molecule has 0 aliphatic carbocycles. The molecule has 1 heterocycles. The Morgan fingerprint density at radius 3 is 2.39 bits per heavy atom. The largest absolute Gasteiger partial charge is 0.326 e. The zero-order chi connectivity index (χ0) is 20.1. The smallest absolute Gasteiger partial charge is 0.266 e. The number of rotatable bonds is 6. The van der Waals surface area contributed by atoms with E-state index in [-0.39, 0.29) is 17.9 Å². The van der Waals surface area contributed by atoms with Crippen LogP contribution in [0.15, 0.2) is 59.4 Å². The summed E-state index contributed by atoms with van der Waals surface area (Å²) in [7, 11) is 0. The number of aromatic nitrogens is 2. The molecule has 0 aliphatic heterocycles. The van der Waals surface area contributed by atoms with Crippen molar-refractivity contribution in [3.05, 3.63) is 80.6 Å². The molecule has 0 fully saturated rings. The molecule has 3 rings (SSSR count). The summed E-state index contributed by atoms with van der Waals surface area (Å²) in [4.78, 5) is 24.2. The molecule has 5 nitrogen and oxygen atoms in total. The minimum absolute atomic E-state index is 0.180. The predicted molar refractivity (Wildman–Crippen MR) is 113 cm³/mol. The van der Waals surface area contributed by atoms with E-state index >= 15 is 0 Å². The van der Waals surface area contributed by atoms with Gasteiger partial charge in [-0.3, -0.25) is 9.59 Å². The molecule has 3 aromatic rings. The molecule has 1 amide bonds. The third kappa shape index (κ3) is 5.44. The van der Waals surface area contributed by atoms with Crippen molar-refractivity contribution in [3.8, 4) is 11.3 Å². The lowest BCUT2D eigenvalue weighted by Gasteiger charge is -2.09. The fourth-order valence-electron chi connectivity index (χ4n) is 2.73. The minimum Gasteiger partial charge on any atom is -0.326 e. The minimum atomic E-state index is -0.196. The molecule has 28 heavy (non-hydrogen) atoms. The van der Waals surface area contributed by atoms with Crippen LogP contribution in [-0.2, 0) is 11.3 Å². The maximum atomic E-state index is 12.1. The van der Waals surface area contributed by atoms with E-state index in [9.17, 15) is 9.59 Å². The molecule has 0 spiro atoms. The molecule has 2 aromatic carbocycles. The summed E-state index contributed by atoms with van der Waals surface area (Å²) in [6.07, 6.45) is 0.720. The van der Waals surface area contributed by atoms with E-state index in [0.717, 1.165) is 16.8 Å². The van der Waals surface area contributed by atoms with Crippen molar-refractivity contribution in [3.63, 3.8) is 0 Å². The average Bonchev–Trinajstić information content (AvgIpc) is 2.63. The molecule has 0 saturated heterocycles. The number of amides is 1. The molecule has 0 unspecified atom stereocenters. The Balaban J connectivity index is 1.61. The van der Waals surface area contributed by atoms with Crippen molar-refractivity contribution in [2.45, 2.75) is 26.3 Å². The Morgan fingerprint density at radius 2 is 1.71 bits per heavy atom. The maximum absolute atomic E-state index is 12.1. The van der Waals surface area contributed by atoms with E-state index in [4.69, 9.17) is 23.2 Å². The van der Waals surface area contributed by atoms with Gasteiger partial charge in [0.05, 0.1) is 5.69 Å². The second-order valence-electron chi connectivity index (χ2n) is 6.46. The second kappa shape index (κ2) is 9.04. The average molecular weight is 416 g/mol. The van der Waals surface area contributed by atoms with Gasteiger partial charge in [-0.15, -0.1) is 0 Å². The molecule has 0 atom stereocenters. The third-order valence-corrected chi connectivity index (χ3v) is 4.57. The van der Waals surface area contributed by atoms with Gasteiger partial charge in [0, 0.05) is 40.3 Å². The highest BCUT2D eigenvalue weighted by Crippen LogP contribution is 2.22. The Hall–Kier alpha value is -2.63. The number of nitrogens with zero attached hydrogens (tertiary/aromatic N) is 2. The van der Waals surface area contributed by atoms with Crippen LogP contribution in [0.1, 0.15) is 18.4 Å². The highest BCUT2D eigenvalue weighted by atomic mass is 35.5. The van der Waals surface area contributed by atoms with Crippen LogP contribution < -0.4 is 10.9 Å². The summed E-state index contributed by atoms with van der Waals surface area (Å²) in [5.74, 6) is -0.180. The lowest BCUT2D eigenvalue weighted by molar-refractivity contribution is -0.116. The number of nitrogens with one attached hydrogen (secondary N) is 1. The van der Waals surface area contributed by atoms with E-state index in [0.29, 0.717) is 28.7 Å². The van der Waals surface area contributed by atoms with Gasteiger partial charge in [0.15, 0.2) is 0 Å². The van der Waals surface area contributed by atoms with Crippen LogP contribution in [0.5, 0.6) is 0 Å². The van der Waals surface area contributed by atoms with Crippen LogP contribution >= 0.6 is 23.2 Å². The highest BCUT2D eigenvalue weighted by molar-refractivity contribution is 6.35. The standard InChI is InChI=1S/C21H19Cl2N3O2/c1-14-4-6-15(7-5-14)19-8-9-21(28)26(25-19)10-2-3-20(27)24-18-12-16(22)11-17(23)13-18/h4-9,11-13H,2-3,10H2,1H3,(H,24,27). The quantitative estimate of drug-likeness (QED) is 0.619. The van der Waals surface area contributed by atoms with E-state index in [1.54, 1.807) is 24.3 Å². The van der Waals surface area contributed by atoms with Crippen LogP contribution in [0.2, 0.25) is 10.0 Å². The van der Waals surface area contributed by atoms with Crippen molar-refractivity contribution in [1.82, 2.24) is 9.78 Å². The van der Waals surface area contributed by atoms with Crippen LogP contribution in [-0.4, -0.2) is 15.7 Å². The monoisotopic (exact) mass is 415 g/mol. The summed E-state index contributed by atoms with van der Waals surface area (Å²) in [6, 6.07) is 16.0. The Kier molecular flexibility index (Phi) is 6.49. The number of carbonyl (C=O) groups excluding carboxylic acids is 1. The summed E-state index contributed by atoms with van der Waals surface area (Å²) in [5.41, 5.74) is 3.16. The number of anilines is 1. The van der Waals surface area contributed by atoms with Gasteiger partial charge in [0.25, 0.3) is 5.56 Å². The first kappa shape index (κ1) is 20.1. The lowest BCUT2D eigenvalue weighted by atomic mass is 10.1. The first-order valence-electron chi connectivity index (χ1n) is 8.82. The molecule has 1 N–H and O–H groups in total.